The molecule has 1 unspecified atom stereocenters. The molecule has 0 bridgehead atoms. The third kappa shape index (κ3) is 8.09. The Labute approximate surface area is 187 Å². The summed E-state index contributed by atoms with van der Waals surface area (Å²) in [6.45, 7) is 6.27. The number of hydrogen-bond donors (Lipinski definition) is 1. The van der Waals surface area contributed by atoms with Crippen molar-refractivity contribution in [3.05, 3.63) is 90.1 Å². The fraction of sp³-hybridized carbons (Fsp3) is 0.393. The molecular weight excluding hydrogens is 380 g/mol. The van der Waals surface area contributed by atoms with E-state index in [1.165, 1.54) is 30.4 Å². The van der Waals surface area contributed by atoms with Gasteiger partial charge in [-0.3, -0.25) is 0 Å². The summed E-state index contributed by atoms with van der Waals surface area (Å²) in [6.07, 6.45) is 8.72. The van der Waals surface area contributed by atoms with E-state index in [0.29, 0.717) is 6.61 Å². The fourth-order valence-corrected chi connectivity index (χ4v) is 4.07. The van der Waals surface area contributed by atoms with Crippen LogP contribution in [0.5, 0.6) is 5.75 Å². The predicted molar refractivity (Wildman–Crippen MR) is 131 cm³/mol. The normalized spacial score (nSPS) is 12.8. The van der Waals surface area contributed by atoms with Crippen molar-refractivity contribution in [1.82, 2.24) is 4.98 Å². The number of ether oxygens (including phenoxy) is 1. The Kier molecular flexibility index (Phi) is 8.96. The van der Waals surface area contributed by atoms with Gasteiger partial charge < -0.3 is 10.1 Å². The Morgan fingerprint density at radius 2 is 1.55 bits per heavy atom. The van der Waals surface area contributed by atoms with Crippen LogP contribution in [0.2, 0.25) is 0 Å². The average Bonchev–Trinajstić information content (AvgIpc) is 2.80. The van der Waals surface area contributed by atoms with E-state index in [2.05, 4.69) is 78.7 Å². The summed E-state index contributed by atoms with van der Waals surface area (Å²) in [4.78, 5) is 4.27. The zero-order valence-corrected chi connectivity index (χ0v) is 19.0. The van der Waals surface area contributed by atoms with Crippen molar-refractivity contribution in [3.8, 4) is 5.75 Å². The lowest BCUT2D eigenvalue weighted by Gasteiger charge is -2.30. The summed E-state index contributed by atoms with van der Waals surface area (Å²) >= 11 is 0. The van der Waals surface area contributed by atoms with E-state index in [-0.39, 0.29) is 5.41 Å². The van der Waals surface area contributed by atoms with Gasteiger partial charge >= 0.3 is 0 Å². The maximum Gasteiger partial charge on any atom is 0.125 e. The molecule has 1 aromatic heterocycles. The molecule has 0 saturated carbocycles. The van der Waals surface area contributed by atoms with E-state index in [4.69, 9.17) is 4.74 Å². The number of rotatable bonds is 13. The molecule has 31 heavy (non-hydrogen) atoms. The highest BCUT2D eigenvalue weighted by molar-refractivity contribution is 5.33. The van der Waals surface area contributed by atoms with E-state index in [1.807, 2.05) is 18.2 Å². The van der Waals surface area contributed by atoms with Crippen molar-refractivity contribution < 1.29 is 4.74 Å². The van der Waals surface area contributed by atoms with Crippen LogP contribution in [-0.2, 0) is 12.8 Å². The minimum absolute atomic E-state index is 0.275. The van der Waals surface area contributed by atoms with Gasteiger partial charge in [-0.25, -0.2) is 4.98 Å². The van der Waals surface area contributed by atoms with Gasteiger partial charge in [-0.05, 0) is 66.5 Å². The molecule has 1 heterocycles. The molecule has 0 saturated heterocycles. The van der Waals surface area contributed by atoms with Crippen molar-refractivity contribution in [1.29, 1.82) is 0 Å². The van der Waals surface area contributed by atoms with Crippen LogP contribution in [0.3, 0.4) is 0 Å². The Morgan fingerprint density at radius 3 is 2.23 bits per heavy atom. The zero-order valence-electron chi connectivity index (χ0n) is 19.0. The first-order valence-corrected chi connectivity index (χ1v) is 11.6. The molecule has 1 atom stereocenters. The van der Waals surface area contributed by atoms with Crippen LogP contribution in [0.1, 0.15) is 50.7 Å². The average molecular weight is 417 g/mol. The monoisotopic (exact) mass is 416 g/mol. The number of nitrogens with one attached hydrogen (secondary N) is 1. The van der Waals surface area contributed by atoms with Crippen LogP contribution >= 0.6 is 0 Å². The first-order chi connectivity index (χ1) is 15.2. The molecule has 3 nitrogen and oxygen atoms in total. The lowest BCUT2D eigenvalue weighted by atomic mass is 9.75. The number of benzene rings is 2. The fourth-order valence-electron chi connectivity index (χ4n) is 4.07. The second kappa shape index (κ2) is 12.1. The number of pyridine rings is 1. The third-order valence-corrected chi connectivity index (χ3v) is 5.72. The Hall–Kier alpha value is -2.81. The Bertz CT molecular complexity index is 865. The first-order valence-electron chi connectivity index (χ1n) is 11.6. The standard InChI is InChI=1S/C28H36N2O/c1-3-4-18-28(2,22-24-11-6-5-7-12-24)23-25-14-16-26(17-15-25)31-21-10-20-30-27-13-8-9-19-29-27/h5-9,11-17,19H,3-4,10,18,20-23H2,1-2H3,(H,29,30). The molecular formula is C28H36N2O. The minimum atomic E-state index is 0.275. The molecule has 164 valence electrons. The third-order valence-electron chi connectivity index (χ3n) is 5.72. The predicted octanol–water partition coefficient (Wildman–Crippen LogP) is 6.94. The molecule has 3 aromatic rings. The van der Waals surface area contributed by atoms with E-state index in [0.717, 1.165) is 37.4 Å². The number of hydrogen-bond acceptors (Lipinski definition) is 3. The van der Waals surface area contributed by atoms with E-state index in [9.17, 15) is 0 Å². The van der Waals surface area contributed by atoms with Crippen LogP contribution in [0.25, 0.3) is 0 Å². The lowest BCUT2D eigenvalue weighted by Crippen LogP contribution is -2.23. The number of nitrogens with zero attached hydrogens (tertiary/aromatic N) is 1. The highest BCUT2D eigenvalue weighted by Crippen LogP contribution is 2.33. The SMILES string of the molecule is CCCCC(C)(Cc1ccccc1)Cc1ccc(OCCCNc2ccccn2)cc1. The summed E-state index contributed by atoms with van der Waals surface area (Å²) in [5.41, 5.74) is 3.09. The van der Waals surface area contributed by atoms with Gasteiger partial charge in [-0.2, -0.15) is 0 Å². The largest absolute Gasteiger partial charge is 0.494 e. The molecule has 0 aliphatic carbocycles. The molecule has 0 spiro atoms. The van der Waals surface area contributed by atoms with Gasteiger partial charge in [0.15, 0.2) is 0 Å². The van der Waals surface area contributed by atoms with Crippen molar-refractivity contribution in [2.75, 3.05) is 18.5 Å². The van der Waals surface area contributed by atoms with Crippen molar-refractivity contribution in [2.24, 2.45) is 5.41 Å². The molecule has 1 N–H and O–H groups in total. The summed E-state index contributed by atoms with van der Waals surface area (Å²) < 4.78 is 5.93. The topological polar surface area (TPSA) is 34.1 Å². The number of unbranched alkanes of at least 4 members (excludes halogenated alkanes) is 1. The summed E-state index contributed by atoms with van der Waals surface area (Å²) in [5.74, 6) is 1.85. The second-order valence-electron chi connectivity index (χ2n) is 8.74. The van der Waals surface area contributed by atoms with Gasteiger partial charge in [0.1, 0.15) is 11.6 Å². The Morgan fingerprint density at radius 1 is 0.839 bits per heavy atom. The molecule has 0 radical (unpaired) electrons. The van der Waals surface area contributed by atoms with E-state index in [1.54, 1.807) is 6.20 Å². The van der Waals surface area contributed by atoms with E-state index >= 15 is 0 Å². The van der Waals surface area contributed by atoms with Crippen molar-refractivity contribution in [3.63, 3.8) is 0 Å². The molecule has 0 aliphatic heterocycles. The van der Waals surface area contributed by atoms with Crippen LogP contribution < -0.4 is 10.1 Å². The molecule has 0 amide bonds. The van der Waals surface area contributed by atoms with Crippen LogP contribution in [0.15, 0.2) is 79.0 Å². The van der Waals surface area contributed by atoms with Gasteiger partial charge in [0.25, 0.3) is 0 Å². The van der Waals surface area contributed by atoms with Gasteiger partial charge in [0.05, 0.1) is 6.61 Å². The van der Waals surface area contributed by atoms with Gasteiger partial charge in [-0.15, -0.1) is 0 Å². The molecule has 0 aliphatic rings. The first kappa shape index (κ1) is 22.9. The molecule has 3 heteroatoms. The Balaban J connectivity index is 1.48. The van der Waals surface area contributed by atoms with Gasteiger partial charge in [0, 0.05) is 12.7 Å². The lowest BCUT2D eigenvalue weighted by molar-refractivity contribution is 0.282. The minimum Gasteiger partial charge on any atom is -0.494 e. The smallest absolute Gasteiger partial charge is 0.125 e. The number of anilines is 1. The summed E-state index contributed by atoms with van der Waals surface area (Å²) in [7, 11) is 0. The highest BCUT2D eigenvalue weighted by atomic mass is 16.5. The van der Waals surface area contributed by atoms with Crippen molar-refractivity contribution >= 4 is 5.82 Å². The van der Waals surface area contributed by atoms with Crippen LogP contribution in [0.4, 0.5) is 5.82 Å². The summed E-state index contributed by atoms with van der Waals surface area (Å²) in [5, 5.41) is 3.31. The quantitative estimate of drug-likeness (QED) is 0.306. The highest BCUT2D eigenvalue weighted by Gasteiger charge is 2.24. The molecule has 3 rings (SSSR count). The maximum atomic E-state index is 5.93. The number of aromatic nitrogens is 1. The van der Waals surface area contributed by atoms with Crippen molar-refractivity contribution in [2.45, 2.75) is 52.4 Å². The van der Waals surface area contributed by atoms with Crippen LogP contribution in [-0.4, -0.2) is 18.1 Å². The van der Waals surface area contributed by atoms with Gasteiger partial charge in [0.2, 0.25) is 0 Å². The molecule has 2 aromatic carbocycles. The zero-order chi connectivity index (χ0) is 21.8. The maximum absolute atomic E-state index is 5.93. The molecule has 0 fully saturated rings. The van der Waals surface area contributed by atoms with E-state index < -0.39 is 0 Å². The summed E-state index contributed by atoms with van der Waals surface area (Å²) in [6, 6.07) is 25.5. The van der Waals surface area contributed by atoms with Crippen LogP contribution in [0, 0.1) is 5.41 Å². The second-order valence-corrected chi connectivity index (χ2v) is 8.74. The van der Waals surface area contributed by atoms with Gasteiger partial charge in [-0.1, -0.05) is 75.2 Å².